The van der Waals surface area contributed by atoms with Gasteiger partial charge in [-0.2, -0.15) is 10.4 Å². The third kappa shape index (κ3) is 2.56. The lowest BCUT2D eigenvalue weighted by Gasteiger charge is -2.05. The van der Waals surface area contributed by atoms with E-state index in [0.29, 0.717) is 16.6 Å². The number of fused-ring (bicyclic) bond motifs is 1. The summed E-state index contributed by atoms with van der Waals surface area (Å²) >= 11 is 6.30. The van der Waals surface area contributed by atoms with Crippen molar-refractivity contribution in [3.05, 3.63) is 52.8 Å². The van der Waals surface area contributed by atoms with Crippen LogP contribution in [0, 0.1) is 17.2 Å². The Bertz CT molecular complexity index is 874. The van der Waals surface area contributed by atoms with E-state index in [2.05, 4.69) is 24.9 Å². The lowest BCUT2D eigenvalue weighted by atomic mass is 10.1. The van der Waals surface area contributed by atoms with Gasteiger partial charge in [0.15, 0.2) is 0 Å². The van der Waals surface area contributed by atoms with Crippen LogP contribution in [-0.4, -0.2) is 14.8 Å². The van der Waals surface area contributed by atoms with Gasteiger partial charge in [0.1, 0.15) is 17.3 Å². The van der Waals surface area contributed by atoms with Gasteiger partial charge in [-0.25, -0.2) is 9.67 Å². The number of para-hydroxylation sites is 1. The molecule has 2 heterocycles. The molecule has 0 N–H and O–H groups in total. The average molecular weight is 311 g/mol. The second-order valence-electron chi connectivity index (χ2n) is 5.58. The first-order chi connectivity index (χ1) is 10.6. The minimum absolute atomic E-state index is 0.399. The highest BCUT2D eigenvalue weighted by molar-refractivity contribution is 6.32. The Morgan fingerprint density at radius 2 is 2.00 bits per heavy atom. The number of nitriles is 1. The molecule has 0 amide bonds. The maximum absolute atomic E-state index is 9.08. The topological polar surface area (TPSA) is 54.5 Å². The molecule has 0 spiro atoms. The van der Waals surface area contributed by atoms with Gasteiger partial charge in [0.25, 0.3) is 0 Å². The zero-order chi connectivity index (χ0) is 15.7. The summed E-state index contributed by atoms with van der Waals surface area (Å²) in [5.74, 6) is 0.449. The fraction of sp³-hybridized carbons (Fsp3) is 0.235. The Hall–Kier alpha value is -2.38. The van der Waals surface area contributed by atoms with Crippen molar-refractivity contribution in [2.75, 3.05) is 0 Å². The van der Waals surface area contributed by atoms with Crippen LogP contribution in [0.25, 0.3) is 16.7 Å². The molecule has 0 radical (unpaired) electrons. The number of hydrogen-bond donors (Lipinski definition) is 0. The van der Waals surface area contributed by atoms with Gasteiger partial charge in [-0.05, 0) is 36.6 Å². The molecule has 0 aliphatic heterocycles. The molecule has 3 rings (SSSR count). The van der Waals surface area contributed by atoms with Crippen molar-refractivity contribution in [3.8, 4) is 11.8 Å². The van der Waals surface area contributed by atoms with E-state index in [1.54, 1.807) is 6.07 Å². The first-order valence-corrected chi connectivity index (χ1v) is 7.51. The predicted octanol–water partition coefficient (Wildman–Crippen LogP) is 4.14. The molecule has 1 aromatic carbocycles. The summed E-state index contributed by atoms with van der Waals surface area (Å²) in [5, 5.41) is 14.4. The molecular weight excluding hydrogens is 296 g/mol. The molecular formula is C17H15ClN4. The van der Waals surface area contributed by atoms with Crippen LogP contribution >= 0.6 is 11.6 Å². The van der Waals surface area contributed by atoms with E-state index in [9.17, 15) is 0 Å². The maximum Gasteiger partial charge on any atom is 0.141 e. The molecule has 0 unspecified atom stereocenters. The van der Waals surface area contributed by atoms with Crippen LogP contribution in [0.4, 0.5) is 0 Å². The van der Waals surface area contributed by atoms with Crippen molar-refractivity contribution in [2.45, 2.75) is 20.3 Å². The molecule has 2 aromatic heterocycles. The van der Waals surface area contributed by atoms with Gasteiger partial charge in [-0.1, -0.05) is 37.6 Å². The maximum atomic E-state index is 9.08. The Kier molecular flexibility index (Phi) is 3.82. The number of halogens is 1. The highest BCUT2D eigenvalue weighted by Crippen LogP contribution is 2.26. The summed E-state index contributed by atoms with van der Waals surface area (Å²) in [7, 11) is 0. The first-order valence-electron chi connectivity index (χ1n) is 7.14. The monoisotopic (exact) mass is 310 g/mol. The minimum Gasteiger partial charge on any atom is -0.233 e. The second kappa shape index (κ2) is 5.78. The van der Waals surface area contributed by atoms with Gasteiger partial charge in [0, 0.05) is 0 Å². The van der Waals surface area contributed by atoms with Crippen LogP contribution in [0.2, 0.25) is 5.02 Å². The Labute approximate surface area is 134 Å². The highest BCUT2D eigenvalue weighted by atomic mass is 35.5. The number of pyridine rings is 1. The van der Waals surface area contributed by atoms with Gasteiger partial charge < -0.3 is 0 Å². The lowest BCUT2D eigenvalue weighted by molar-refractivity contribution is 0.630. The normalized spacial score (nSPS) is 11.0. The average Bonchev–Trinajstić information content (AvgIpc) is 2.85. The van der Waals surface area contributed by atoms with Gasteiger partial charge in [0.2, 0.25) is 0 Å². The fourth-order valence-electron chi connectivity index (χ4n) is 2.45. The van der Waals surface area contributed by atoms with Gasteiger partial charge in [0.05, 0.1) is 21.9 Å². The van der Waals surface area contributed by atoms with Gasteiger partial charge in [-0.3, -0.25) is 0 Å². The van der Waals surface area contributed by atoms with Crippen molar-refractivity contribution in [2.24, 2.45) is 5.92 Å². The molecule has 0 saturated carbocycles. The molecule has 0 aliphatic carbocycles. The summed E-state index contributed by atoms with van der Waals surface area (Å²) in [5.41, 5.74) is 3.74. The van der Waals surface area contributed by atoms with E-state index in [0.717, 1.165) is 28.8 Å². The largest absolute Gasteiger partial charge is 0.233 e. The standard InChI is InChI=1S/C17H15ClN4/c1-11(2)9-14-17-16(8-7-12(10-19)20-17)22(21-14)15-6-4-3-5-13(15)18/h3-8,11H,9H2,1-2H3. The van der Waals surface area contributed by atoms with Crippen LogP contribution in [-0.2, 0) is 6.42 Å². The Morgan fingerprint density at radius 1 is 1.23 bits per heavy atom. The predicted molar refractivity (Wildman–Crippen MR) is 87.1 cm³/mol. The molecule has 22 heavy (non-hydrogen) atoms. The van der Waals surface area contributed by atoms with Crippen LogP contribution < -0.4 is 0 Å². The van der Waals surface area contributed by atoms with E-state index in [4.69, 9.17) is 22.0 Å². The van der Waals surface area contributed by atoms with Gasteiger partial charge >= 0.3 is 0 Å². The molecule has 4 nitrogen and oxygen atoms in total. The quantitative estimate of drug-likeness (QED) is 0.730. The number of benzene rings is 1. The molecule has 3 aromatic rings. The summed E-state index contributed by atoms with van der Waals surface area (Å²) in [6.07, 6.45) is 0.801. The van der Waals surface area contributed by atoms with Crippen molar-refractivity contribution < 1.29 is 0 Å². The molecule has 0 saturated heterocycles. The third-order valence-electron chi connectivity index (χ3n) is 3.39. The SMILES string of the molecule is CC(C)Cc1nn(-c2ccccc2Cl)c2ccc(C#N)nc12. The van der Waals surface area contributed by atoms with E-state index < -0.39 is 0 Å². The highest BCUT2D eigenvalue weighted by Gasteiger charge is 2.16. The smallest absolute Gasteiger partial charge is 0.141 e. The molecule has 0 aliphatic rings. The molecule has 110 valence electrons. The van der Waals surface area contributed by atoms with Crippen molar-refractivity contribution in [1.29, 1.82) is 5.26 Å². The van der Waals surface area contributed by atoms with Crippen LogP contribution in [0.5, 0.6) is 0 Å². The van der Waals surface area contributed by atoms with Gasteiger partial charge in [-0.15, -0.1) is 0 Å². The number of rotatable bonds is 3. The van der Waals surface area contributed by atoms with E-state index >= 15 is 0 Å². The second-order valence-corrected chi connectivity index (χ2v) is 5.99. The lowest BCUT2D eigenvalue weighted by Crippen LogP contribution is -2.00. The van der Waals surface area contributed by atoms with Crippen LogP contribution in [0.1, 0.15) is 25.2 Å². The Balaban J connectivity index is 2.28. The van der Waals surface area contributed by atoms with Crippen LogP contribution in [0.15, 0.2) is 36.4 Å². The van der Waals surface area contributed by atoms with Crippen molar-refractivity contribution in [1.82, 2.24) is 14.8 Å². The number of hydrogen-bond acceptors (Lipinski definition) is 3. The van der Waals surface area contributed by atoms with E-state index in [1.807, 2.05) is 35.0 Å². The number of nitrogens with zero attached hydrogens (tertiary/aromatic N) is 4. The molecule has 5 heteroatoms. The zero-order valence-electron chi connectivity index (χ0n) is 12.4. The fourth-order valence-corrected chi connectivity index (χ4v) is 2.67. The van der Waals surface area contributed by atoms with E-state index in [-0.39, 0.29) is 0 Å². The molecule has 0 atom stereocenters. The third-order valence-corrected chi connectivity index (χ3v) is 3.71. The summed E-state index contributed by atoms with van der Waals surface area (Å²) < 4.78 is 1.81. The summed E-state index contributed by atoms with van der Waals surface area (Å²) in [6, 6.07) is 13.2. The molecule has 0 bridgehead atoms. The summed E-state index contributed by atoms with van der Waals surface area (Å²) in [6.45, 7) is 4.27. The zero-order valence-corrected chi connectivity index (χ0v) is 13.2. The van der Waals surface area contributed by atoms with Crippen molar-refractivity contribution in [3.63, 3.8) is 0 Å². The first kappa shape index (κ1) is 14.6. The Morgan fingerprint density at radius 3 is 2.68 bits per heavy atom. The van der Waals surface area contributed by atoms with E-state index in [1.165, 1.54) is 0 Å². The molecule has 0 fully saturated rings. The number of aromatic nitrogens is 3. The summed E-state index contributed by atoms with van der Waals surface area (Å²) in [4.78, 5) is 4.44. The minimum atomic E-state index is 0.399. The van der Waals surface area contributed by atoms with Crippen LogP contribution in [0.3, 0.4) is 0 Å². The van der Waals surface area contributed by atoms with Crippen molar-refractivity contribution >= 4 is 22.6 Å².